The zero-order valence-corrected chi connectivity index (χ0v) is 31.1. The quantitative estimate of drug-likeness (QED) is 0.192. The van der Waals surface area contributed by atoms with Crippen molar-refractivity contribution in [1.82, 2.24) is 0 Å². The highest BCUT2D eigenvalue weighted by atomic mass is 79.9. The lowest BCUT2D eigenvalue weighted by Crippen LogP contribution is -2.41. The van der Waals surface area contributed by atoms with Gasteiger partial charge in [-0.1, -0.05) is 94.5 Å². The third-order valence-corrected chi connectivity index (χ3v) is 10.5. The Morgan fingerprint density at radius 1 is 0.438 bits per heavy atom. The average molecular weight is 729 g/mol. The molecule has 0 N–H and O–H groups in total. The highest BCUT2D eigenvalue weighted by Gasteiger charge is 2.63. The maximum absolute atomic E-state index is 8.31. The molecule has 3 heterocycles. The lowest BCUT2D eigenvalue weighted by molar-refractivity contribution is 0.00578. The molecule has 0 radical (unpaired) electrons. The van der Waals surface area contributed by atoms with Gasteiger partial charge < -0.3 is 27.9 Å². The SMILES string of the molecule is CC1(C)OB(B2OC(C)(C)C(C)(C)O2)OC1(C)C.[2H]c1c([2H])c([2H])c2c(B3OC(C)(C)C(C)(C)O3)c([2H])c([2H])c([2H])c2c1[2H].[2H]c1c([2H])c([2H])c2c(Br)c([2H])c([2H])c([2H])c2c1[2H]. The van der Waals surface area contributed by atoms with E-state index >= 15 is 0 Å². The van der Waals surface area contributed by atoms with Crippen molar-refractivity contribution in [2.75, 3.05) is 0 Å². The molecule has 0 saturated carbocycles. The van der Waals surface area contributed by atoms with Gasteiger partial charge in [0.1, 0.15) is 0 Å². The summed E-state index contributed by atoms with van der Waals surface area (Å²) in [5, 5.41) is -0.0527. The summed E-state index contributed by atoms with van der Waals surface area (Å²) in [7, 11) is -2.02. The van der Waals surface area contributed by atoms with E-state index in [-0.39, 0.29) is 96.2 Å². The predicted octanol–water partition coefficient (Wildman–Crippen LogP) is 8.99. The van der Waals surface area contributed by atoms with Gasteiger partial charge in [-0.2, -0.15) is 0 Å². The Labute approximate surface area is 316 Å². The number of benzene rings is 4. The standard InChI is InChI=1S/C16H19BO2.C12H24B2O4.C10H7Br/c1-15(2)16(3,4)19-17(18-15)14-11-7-9-12-8-5-6-10-13(12)14;1-9(2)10(3,4)16-13(15-9)14-17-11(5,6)12(7,8)18-14;11-10-7-3-5-8-4-1-2-6-9(8)10/h5-11H,1-4H3;1-8H3;1-7H/i5D,6D,7D,8D,9D,10D,11D;;1D,2D,3D,4D,5D,6D,7D. The minimum Gasteiger partial charge on any atom is -0.405 e. The van der Waals surface area contributed by atoms with E-state index in [2.05, 4.69) is 15.9 Å². The van der Waals surface area contributed by atoms with Crippen LogP contribution in [0.4, 0.5) is 0 Å². The third-order valence-electron chi connectivity index (χ3n) is 9.86. The van der Waals surface area contributed by atoms with Crippen LogP contribution >= 0.6 is 15.9 Å². The average Bonchev–Trinajstić information content (AvgIpc) is 3.63. The summed E-state index contributed by atoms with van der Waals surface area (Å²) in [4.78, 5) is 0. The maximum atomic E-state index is 8.31. The molecule has 0 aliphatic carbocycles. The van der Waals surface area contributed by atoms with Gasteiger partial charge in [-0.15, -0.1) is 0 Å². The topological polar surface area (TPSA) is 55.4 Å². The first kappa shape index (κ1) is 22.6. The van der Waals surface area contributed by atoms with Gasteiger partial charge in [0.05, 0.1) is 52.8 Å². The summed E-state index contributed by atoms with van der Waals surface area (Å²) >= 11 is 3.07. The number of rotatable bonds is 2. The second kappa shape index (κ2) is 13.2. The van der Waals surface area contributed by atoms with Crippen LogP contribution in [0.2, 0.25) is 0 Å². The van der Waals surface area contributed by atoms with Gasteiger partial charge in [0.2, 0.25) is 0 Å². The van der Waals surface area contributed by atoms with Crippen molar-refractivity contribution in [2.45, 2.75) is 117 Å². The molecule has 48 heavy (non-hydrogen) atoms. The van der Waals surface area contributed by atoms with Gasteiger partial charge in [-0.25, -0.2) is 0 Å². The Balaban J connectivity index is 0.000000181. The maximum Gasteiger partial charge on any atom is 0.495 e. The van der Waals surface area contributed by atoms with Gasteiger partial charge >= 0.3 is 21.1 Å². The largest absolute Gasteiger partial charge is 0.495 e. The second-order valence-electron chi connectivity index (χ2n) is 14.8. The van der Waals surface area contributed by atoms with Crippen LogP contribution in [0.15, 0.2) is 89.1 Å². The minimum atomic E-state index is -1.07. The predicted molar refractivity (Wildman–Crippen MR) is 203 cm³/mol. The van der Waals surface area contributed by atoms with Crippen LogP contribution in [0.3, 0.4) is 0 Å². The molecule has 0 atom stereocenters. The van der Waals surface area contributed by atoms with Crippen molar-refractivity contribution >= 4 is 64.1 Å². The second-order valence-corrected chi connectivity index (χ2v) is 15.6. The zero-order valence-electron chi connectivity index (χ0n) is 43.6. The van der Waals surface area contributed by atoms with Crippen LogP contribution in [0.1, 0.15) is 102 Å². The Hall–Kier alpha value is -2.17. The molecule has 0 unspecified atom stereocenters. The molecule has 3 fully saturated rings. The first-order valence-electron chi connectivity index (χ1n) is 22.7. The summed E-state index contributed by atoms with van der Waals surface area (Å²) < 4.78 is 146. The molecule has 4 aromatic rings. The van der Waals surface area contributed by atoms with E-state index < -0.39 is 74.6 Å². The highest BCUT2D eigenvalue weighted by Crippen LogP contribution is 2.43. The number of halogens is 1. The van der Waals surface area contributed by atoms with Crippen LogP contribution in [0, 0.1) is 0 Å². The zero-order chi connectivity index (χ0) is 47.5. The molecule has 10 heteroatoms. The summed E-state index contributed by atoms with van der Waals surface area (Å²) in [6.45, 7) is 23.5. The Morgan fingerprint density at radius 3 is 1.23 bits per heavy atom. The molecule has 7 rings (SSSR count). The van der Waals surface area contributed by atoms with E-state index in [9.17, 15) is 0 Å². The Kier molecular flexibility index (Phi) is 6.21. The number of hydrogen-bond acceptors (Lipinski definition) is 6. The van der Waals surface area contributed by atoms with Crippen molar-refractivity contribution in [3.05, 3.63) is 89.1 Å². The molecule has 3 saturated heterocycles. The fourth-order valence-corrected chi connectivity index (χ4v) is 5.15. The van der Waals surface area contributed by atoms with Crippen molar-refractivity contribution in [3.8, 4) is 0 Å². The van der Waals surface area contributed by atoms with E-state index in [0.717, 1.165) is 0 Å². The van der Waals surface area contributed by atoms with Crippen LogP contribution in [-0.2, 0) is 27.9 Å². The molecule has 0 bridgehead atoms. The van der Waals surface area contributed by atoms with Gasteiger partial charge in [-0.05, 0) is 116 Å². The minimum absolute atomic E-state index is 0.000463. The summed E-state index contributed by atoms with van der Waals surface area (Å²) in [5.41, 5.74) is -2.82. The Bertz CT molecular complexity index is 2300. The summed E-state index contributed by atoms with van der Waals surface area (Å²) in [6.07, 6.45) is 0. The van der Waals surface area contributed by atoms with Crippen LogP contribution in [0.5, 0.6) is 0 Å². The van der Waals surface area contributed by atoms with Gasteiger partial charge in [-0.3, -0.25) is 0 Å². The summed E-state index contributed by atoms with van der Waals surface area (Å²) in [6, 6.07) is -5.35. The van der Waals surface area contributed by atoms with Crippen LogP contribution in [0.25, 0.3) is 21.5 Å². The monoisotopic (exact) mass is 728 g/mol. The lowest BCUT2D eigenvalue weighted by atomic mass is 9.49. The van der Waals surface area contributed by atoms with Gasteiger partial charge in [0.15, 0.2) is 0 Å². The highest BCUT2D eigenvalue weighted by molar-refractivity contribution is 9.10. The fourth-order valence-electron chi connectivity index (χ4n) is 4.75. The van der Waals surface area contributed by atoms with Crippen molar-refractivity contribution in [2.24, 2.45) is 0 Å². The molecule has 0 spiro atoms. The lowest BCUT2D eigenvalue weighted by Gasteiger charge is -2.32. The number of fused-ring (bicyclic) bond motifs is 2. The van der Waals surface area contributed by atoms with E-state index in [1.807, 2.05) is 83.1 Å². The van der Waals surface area contributed by atoms with Crippen molar-refractivity contribution in [1.29, 1.82) is 0 Å². The normalized spacial score (nSPS) is 26.7. The van der Waals surface area contributed by atoms with E-state index in [0.29, 0.717) is 0 Å². The molecule has 3 aliphatic rings. The van der Waals surface area contributed by atoms with E-state index in [1.165, 1.54) is 0 Å². The van der Waals surface area contributed by atoms with Crippen LogP contribution in [-0.4, -0.2) is 54.7 Å². The molecule has 254 valence electrons. The first-order chi connectivity index (χ1) is 28.0. The van der Waals surface area contributed by atoms with E-state index in [1.54, 1.807) is 0 Å². The van der Waals surface area contributed by atoms with Crippen molar-refractivity contribution in [3.63, 3.8) is 0 Å². The molecule has 6 nitrogen and oxygen atoms in total. The van der Waals surface area contributed by atoms with Crippen molar-refractivity contribution < 1.29 is 47.1 Å². The molecular weight excluding hydrogens is 665 g/mol. The molecule has 4 aromatic carbocycles. The van der Waals surface area contributed by atoms with E-state index in [4.69, 9.17) is 47.1 Å². The molecule has 0 aromatic heterocycles. The Morgan fingerprint density at radius 2 is 0.771 bits per heavy atom. The molecular formula is C38H50B3BrO6. The molecule has 0 amide bonds. The van der Waals surface area contributed by atoms with Gasteiger partial charge in [0.25, 0.3) is 0 Å². The third kappa shape index (κ3) is 7.32. The van der Waals surface area contributed by atoms with Gasteiger partial charge in [0, 0.05) is 4.47 Å². The molecule has 3 aliphatic heterocycles. The summed E-state index contributed by atoms with van der Waals surface area (Å²) in [5.74, 6) is 0. The fraction of sp³-hybridized carbons (Fsp3) is 0.474. The number of hydrogen-bond donors (Lipinski definition) is 0. The van der Waals surface area contributed by atoms with Crippen LogP contribution < -0.4 is 5.46 Å². The smallest absolute Gasteiger partial charge is 0.405 e. The first-order valence-corrected chi connectivity index (χ1v) is 16.5.